The van der Waals surface area contributed by atoms with Crippen LogP contribution in [0.2, 0.25) is 10.0 Å². The number of halogens is 2. The van der Waals surface area contributed by atoms with Crippen LogP contribution in [0.15, 0.2) is 41.0 Å². The first-order chi connectivity index (χ1) is 10.6. The molecular formula is C16H16Cl2N2O2. The maximum atomic E-state index is 12.5. The van der Waals surface area contributed by atoms with Gasteiger partial charge < -0.3 is 9.32 Å². The van der Waals surface area contributed by atoms with E-state index in [1.807, 2.05) is 17.0 Å². The lowest BCUT2D eigenvalue weighted by atomic mass is 10.1. The minimum absolute atomic E-state index is 0.0647. The lowest BCUT2D eigenvalue weighted by Crippen LogP contribution is -2.48. The summed E-state index contributed by atoms with van der Waals surface area (Å²) >= 11 is 12.1. The molecule has 1 aliphatic rings. The Bertz CT molecular complexity index is 650. The second kappa shape index (κ2) is 6.73. The second-order valence-electron chi connectivity index (χ2n) is 5.25. The average Bonchev–Trinajstić information content (AvgIpc) is 3.03. The lowest BCUT2D eigenvalue weighted by Gasteiger charge is -2.34. The first-order valence-electron chi connectivity index (χ1n) is 7.13. The molecule has 1 saturated heterocycles. The minimum atomic E-state index is -0.0647. The molecule has 0 saturated carbocycles. The van der Waals surface area contributed by atoms with Crippen LogP contribution in [0.4, 0.5) is 0 Å². The highest BCUT2D eigenvalue weighted by Crippen LogP contribution is 2.26. The molecule has 3 rings (SSSR count). The van der Waals surface area contributed by atoms with Crippen LogP contribution < -0.4 is 0 Å². The van der Waals surface area contributed by atoms with Crippen LogP contribution >= 0.6 is 23.2 Å². The van der Waals surface area contributed by atoms with E-state index in [0.29, 0.717) is 28.7 Å². The average molecular weight is 339 g/mol. The molecule has 0 radical (unpaired) electrons. The van der Waals surface area contributed by atoms with Crippen molar-refractivity contribution in [1.29, 1.82) is 0 Å². The lowest BCUT2D eigenvalue weighted by molar-refractivity contribution is 0.0620. The van der Waals surface area contributed by atoms with Crippen molar-refractivity contribution < 1.29 is 9.21 Å². The van der Waals surface area contributed by atoms with Crippen LogP contribution in [0.25, 0.3) is 0 Å². The van der Waals surface area contributed by atoms with Crippen LogP contribution in [0.1, 0.15) is 16.1 Å². The number of carbonyl (C=O) groups excluding carboxylic acids is 1. The molecule has 0 N–H and O–H groups in total. The Morgan fingerprint density at radius 1 is 1.09 bits per heavy atom. The predicted octanol–water partition coefficient (Wildman–Crippen LogP) is 3.54. The number of hydrogen-bond donors (Lipinski definition) is 0. The third-order valence-electron chi connectivity index (χ3n) is 3.80. The highest BCUT2D eigenvalue weighted by molar-refractivity contribution is 6.43. The molecule has 0 aliphatic carbocycles. The molecular weight excluding hydrogens is 323 g/mol. The number of piperazine rings is 1. The van der Waals surface area contributed by atoms with Crippen LogP contribution in [-0.4, -0.2) is 41.9 Å². The Labute approximate surface area is 139 Å². The van der Waals surface area contributed by atoms with Gasteiger partial charge >= 0.3 is 0 Å². The molecule has 1 aromatic heterocycles. The van der Waals surface area contributed by atoms with Gasteiger partial charge in [-0.05, 0) is 24.3 Å². The number of amides is 1. The van der Waals surface area contributed by atoms with E-state index in [1.54, 1.807) is 24.5 Å². The van der Waals surface area contributed by atoms with E-state index in [9.17, 15) is 4.79 Å². The van der Waals surface area contributed by atoms with E-state index in [4.69, 9.17) is 27.6 Å². The quantitative estimate of drug-likeness (QED) is 0.858. The van der Waals surface area contributed by atoms with E-state index in [2.05, 4.69) is 4.90 Å². The standard InChI is InChI=1S/C16H16Cl2N2O2/c17-14-5-1-4-13(15(14)18)16(21)20-8-6-19(7-9-20)11-12-3-2-10-22-12/h1-5,10H,6-9,11H2. The maximum absolute atomic E-state index is 12.5. The third kappa shape index (κ3) is 3.29. The molecule has 0 bridgehead atoms. The molecule has 6 heteroatoms. The minimum Gasteiger partial charge on any atom is -0.468 e. The van der Waals surface area contributed by atoms with Gasteiger partial charge in [-0.3, -0.25) is 9.69 Å². The summed E-state index contributed by atoms with van der Waals surface area (Å²) < 4.78 is 5.35. The van der Waals surface area contributed by atoms with Crippen molar-refractivity contribution in [2.24, 2.45) is 0 Å². The molecule has 4 nitrogen and oxygen atoms in total. The molecule has 22 heavy (non-hydrogen) atoms. The van der Waals surface area contributed by atoms with Crippen molar-refractivity contribution >= 4 is 29.1 Å². The summed E-state index contributed by atoms with van der Waals surface area (Å²) in [5, 5.41) is 0.733. The normalized spacial score (nSPS) is 16.0. The molecule has 0 atom stereocenters. The summed E-state index contributed by atoms with van der Waals surface area (Å²) in [6.45, 7) is 3.73. The number of benzene rings is 1. The predicted molar refractivity (Wildman–Crippen MR) is 86.4 cm³/mol. The van der Waals surface area contributed by atoms with Gasteiger partial charge in [-0.25, -0.2) is 0 Å². The number of rotatable bonds is 3. The zero-order chi connectivity index (χ0) is 15.5. The van der Waals surface area contributed by atoms with E-state index >= 15 is 0 Å². The summed E-state index contributed by atoms with van der Waals surface area (Å²) in [7, 11) is 0. The van der Waals surface area contributed by atoms with Gasteiger partial charge in [0.2, 0.25) is 0 Å². The van der Waals surface area contributed by atoms with Gasteiger partial charge in [-0.2, -0.15) is 0 Å². The summed E-state index contributed by atoms with van der Waals surface area (Å²) in [5.41, 5.74) is 0.466. The fourth-order valence-corrected chi connectivity index (χ4v) is 2.95. The fourth-order valence-electron chi connectivity index (χ4n) is 2.57. The highest BCUT2D eigenvalue weighted by atomic mass is 35.5. The van der Waals surface area contributed by atoms with Gasteiger partial charge in [0.25, 0.3) is 5.91 Å². The number of furan rings is 1. The van der Waals surface area contributed by atoms with Gasteiger partial charge in [-0.1, -0.05) is 29.3 Å². The molecule has 1 amide bonds. The Hall–Kier alpha value is -1.49. The van der Waals surface area contributed by atoms with Crippen molar-refractivity contribution in [3.63, 3.8) is 0 Å². The van der Waals surface area contributed by atoms with E-state index in [1.165, 1.54) is 0 Å². The number of hydrogen-bond acceptors (Lipinski definition) is 3. The first kappa shape index (κ1) is 15.4. The second-order valence-corrected chi connectivity index (χ2v) is 6.03. The molecule has 0 unspecified atom stereocenters. The summed E-state index contributed by atoms with van der Waals surface area (Å²) in [6.07, 6.45) is 1.68. The van der Waals surface area contributed by atoms with Gasteiger partial charge in [0.05, 0.1) is 28.4 Å². The van der Waals surface area contributed by atoms with Crippen molar-refractivity contribution in [3.05, 3.63) is 58.0 Å². The van der Waals surface area contributed by atoms with E-state index < -0.39 is 0 Å². The van der Waals surface area contributed by atoms with Gasteiger partial charge in [0.15, 0.2) is 0 Å². The van der Waals surface area contributed by atoms with Gasteiger partial charge in [-0.15, -0.1) is 0 Å². The van der Waals surface area contributed by atoms with E-state index in [-0.39, 0.29) is 5.91 Å². The van der Waals surface area contributed by atoms with Crippen molar-refractivity contribution in [2.75, 3.05) is 26.2 Å². The molecule has 1 aromatic carbocycles. The Morgan fingerprint density at radius 2 is 1.86 bits per heavy atom. The van der Waals surface area contributed by atoms with Crippen LogP contribution in [0, 0.1) is 0 Å². The van der Waals surface area contributed by atoms with Crippen molar-refractivity contribution in [2.45, 2.75) is 6.54 Å². The topological polar surface area (TPSA) is 36.7 Å². The van der Waals surface area contributed by atoms with Crippen molar-refractivity contribution in [3.8, 4) is 0 Å². The summed E-state index contributed by atoms with van der Waals surface area (Å²) in [6, 6.07) is 8.99. The molecule has 116 valence electrons. The Balaban J connectivity index is 1.61. The van der Waals surface area contributed by atoms with Crippen molar-refractivity contribution in [1.82, 2.24) is 9.80 Å². The Kier molecular flexibility index (Phi) is 4.71. The number of carbonyl (C=O) groups is 1. The van der Waals surface area contributed by atoms with Crippen LogP contribution in [0.3, 0.4) is 0 Å². The molecule has 1 aliphatic heterocycles. The first-order valence-corrected chi connectivity index (χ1v) is 7.89. The molecule has 0 spiro atoms. The summed E-state index contributed by atoms with van der Waals surface area (Å²) in [4.78, 5) is 16.6. The smallest absolute Gasteiger partial charge is 0.255 e. The maximum Gasteiger partial charge on any atom is 0.255 e. The molecule has 2 heterocycles. The van der Waals surface area contributed by atoms with Gasteiger partial charge in [0, 0.05) is 26.2 Å². The summed E-state index contributed by atoms with van der Waals surface area (Å²) in [5.74, 6) is 0.878. The van der Waals surface area contributed by atoms with Crippen LogP contribution in [0.5, 0.6) is 0 Å². The SMILES string of the molecule is O=C(c1cccc(Cl)c1Cl)N1CCN(Cc2ccco2)CC1. The Morgan fingerprint density at radius 3 is 2.55 bits per heavy atom. The largest absolute Gasteiger partial charge is 0.468 e. The third-order valence-corrected chi connectivity index (χ3v) is 4.62. The van der Waals surface area contributed by atoms with E-state index in [0.717, 1.165) is 25.4 Å². The highest BCUT2D eigenvalue weighted by Gasteiger charge is 2.24. The zero-order valence-corrected chi connectivity index (χ0v) is 13.5. The zero-order valence-electron chi connectivity index (χ0n) is 12.0. The van der Waals surface area contributed by atoms with Crippen LogP contribution in [-0.2, 0) is 6.54 Å². The molecule has 1 fully saturated rings. The fraction of sp³-hybridized carbons (Fsp3) is 0.312. The number of nitrogens with zero attached hydrogens (tertiary/aromatic N) is 2. The van der Waals surface area contributed by atoms with Gasteiger partial charge in [0.1, 0.15) is 5.76 Å². The molecule has 2 aromatic rings. The monoisotopic (exact) mass is 338 g/mol.